The number of nitrogens with one attached hydrogen (secondary N) is 1. The first kappa shape index (κ1) is 29.8. The third-order valence-corrected chi connectivity index (χ3v) is 8.43. The molecule has 2 saturated heterocycles. The van der Waals surface area contributed by atoms with Crippen LogP contribution < -0.4 is 20.7 Å². The second-order valence-corrected chi connectivity index (χ2v) is 10.8. The zero-order valence-corrected chi connectivity index (χ0v) is 24.5. The average Bonchev–Trinajstić information content (AvgIpc) is 3.48. The van der Waals surface area contributed by atoms with E-state index in [1.54, 1.807) is 14.2 Å². The molecule has 0 saturated carbocycles. The third-order valence-electron chi connectivity index (χ3n) is 8.43. The van der Waals surface area contributed by atoms with Crippen molar-refractivity contribution in [3.8, 4) is 11.5 Å². The van der Waals surface area contributed by atoms with Gasteiger partial charge in [-0.05, 0) is 41.0 Å². The third kappa shape index (κ3) is 4.92. The molecule has 3 aromatic carbocycles. The molecule has 4 aromatic rings. The number of fused-ring (bicyclic) bond motifs is 2. The molecule has 2 aliphatic rings. The Morgan fingerprint density at radius 2 is 1.45 bits per heavy atom. The van der Waals surface area contributed by atoms with E-state index in [1.807, 2.05) is 78.9 Å². The Morgan fingerprint density at radius 3 is 2.00 bits per heavy atom. The van der Waals surface area contributed by atoms with Crippen molar-refractivity contribution in [2.24, 2.45) is 0 Å². The number of hydrogen-bond acceptors (Lipinski definition) is 9. The van der Waals surface area contributed by atoms with E-state index >= 15 is 0 Å². The first-order valence-corrected chi connectivity index (χ1v) is 14.2. The van der Waals surface area contributed by atoms with E-state index in [-0.39, 0.29) is 13.2 Å². The van der Waals surface area contributed by atoms with Gasteiger partial charge in [0.25, 0.3) is 5.56 Å². The second-order valence-electron chi connectivity index (χ2n) is 10.8. The van der Waals surface area contributed by atoms with E-state index in [9.17, 15) is 14.7 Å². The lowest BCUT2D eigenvalue weighted by Gasteiger charge is -2.42. The standard InChI is InChI=1S/C33H34N2O9/c1-39-19-26-32(29(37)28(43-26)30(44-32)35-18-17-27(36)34-31(35)38)20-42-33(21-7-5-4-6-8-21,22-9-13-24(40-2)14-10-22)23-11-15-25(41-3)16-12-23/h4-18,26,28-30,37H,19-20H2,1-3H3,(H,34,36,38)/t26-,28+,29-,30+,32-/m0/s1. The molecule has 2 fully saturated rings. The summed E-state index contributed by atoms with van der Waals surface area (Å²) in [5.41, 5.74) is -1.43. The van der Waals surface area contributed by atoms with Gasteiger partial charge in [0.1, 0.15) is 35.4 Å². The van der Waals surface area contributed by atoms with E-state index in [4.69, 9.17) is 28.4 Å². The van der Waals surface area contributed by atoms with Crippen LogP contribution in [0.15, 0.2) is 101 Å². The number of aliphatic hydroxyl groups is 1. The lowest BCUT2D eigenvalue weighted by Crippen LogP contribution is -2.55. The predicted octanol–water partition coefficient (Wildman–Crippen LogP) is 2.60. The van der Waals surface area contributed by atoms with Gasteiger partial charge in [0.05, 0.1) is 27.4 Å². The molecule has 1 aromatic heterocycles. The lowest BCUT2D eigenvalue weighted by molar-refractivity contribution is -0.244. The van der Waals surface area contributed by atoms with Crippen molar-refractivity contribution in [1.29, 1.82) is 0 Å². The van der Waals surface area contributed by atoms with Gasteiger partial charge in [-0.2, -0.15) is 0 Å². The Morgan fingerprint density at radius 1 is 0.864 bits per heavy atom. The smallest absolute Gasteiger partial charge is 0.330 e. The van der Waals surface area contributed by atoms with E-state index < -0.39 is 47.0 Å². The van der Waals surface area contributed by atoms with Crippen molar-refractivity contribution >= 4 is 0 Å². The summed E-state index contributed by atoms with van der Waals surface area (Å²) < 4.78 is 37.4. The van der Waals surface area contributed by atoms with Crippen LogP contribution >= 0.6 is 0 Å². The molecule has 5 atom stereocenters. The number of benzene rings is 3. The zero-order chi connectivity index (χ0) is 30.9. The van der Waals surface area contributed by atoms with E-state index in [1.165, 1.54) is 23.9 Å². The highest BCUT2D eigenvalue weighted by Gasteiger charge is 2.67. The van der Waals surface area contributed by atoms with Gasteiger partial charge in [-0.1, -0.05) is 54.6 Å². The Balaban J connectivity index is 1.48. The van der Waals surface area contributed by atoms with Gasteiger partial charge in [-0.3, -0.25) is 14.3 Å². The number of aromatic nitrogens is 2. The molecule has 0 amide bonds. The van der Waals surface area contributed by atoms with E-state index in [0.717, 1.165) is 16.7 Å². The molecule has 230 valence electrons. The van der Waals surface area contributed by atoms with Crippen LogP contribution in [0.3, 0.4) is 0 Å². The summed E-state index contributed by atoms with van der Waals surface area (Å²) in [6.07, 6.45) is -2.52. The molecule has 0 unspecified atom stereocenters. The van der Waals surface area contributed by atoms with Crippen molar-refractivity contribution in [2.75, 3.05) is 34.5 Å². The quantitative estimate of drug-likeness (QED) is 0.249. The number of hydrogen-bond donors (Lipinski definition) is 2. The van der Waals surface area contributed by atoms with E-state index in [2.05, 4.69) is 4.98 Å². The molecule has 0 spiro atoms. The Kier molecular flexibility index (Phi) is 8.14. The monoisotopic (exact) mass is 602 g/mol. The number of nitrogens with zero attached hydrogens (tertiary/aromatic N) is 1. The minimum Gasteiger partial charge on any atom is -0.497 e. The van der Waals surface area contributed by atoms with Crippen LogP contribution in [0.25, 0.3) is 0 Å². The highest BCUT2D eigenvalue weighted by Crippen LogP contribution is 2.51. The molecule has 44 heavy (non-hydrogen) atoms. The summed E-state index contributed by atoms with van der Waals surface area (Å²) in [6.45, 7) is -0.0478. The van der Waals surface area contributed by atoms with Gasteiger partial charge in [0, 0.05) is 19.4 Å². The minimum atomic E-state index is -1.43. The van der Waals surface area contributed by atoms with Gasteiger partial charge >= 0.3 is 5.69 Å². The number of aliphatic hydroxyl groups excluding tert-OH is 1. The van der Waals surface area contributed by atoms with Gasteiger partial charge in [0.2, 0.25) is 0 Å². The van der Waals surface area contributed by atoms with Crippen molar-refractivity contribution < 1.29 is 33.5 Å². The van der Waals surface area contributed by atoms with Gasteiger partial charge < -0.3 is 33.5 Å². The Hall–Kier alpha value is -4.26. The SMILES string of the molecule is COC[C@@H]1O[C@H]2[C@H](n3ccc(=O)[nH]c3=O)O[C@]1(COC(c1ccccc1)(c1ccc(OC)cc1)c1ccc(OC)cc1)[C@H]2O. The van der Waals surface area contributed by atoms with Crippen molar-refractivity contribution in [1.82, 2.24) is 9.55 Å². The van der Waals surface area contributed by atoms with Crippen LogP contribution in [0.1, 0.15) is 22.9 Å². The predicted molar refractivity (Wildman–Crippen MR) is 159 cm³/mol. The Labute approximate surface area is 253 Å². The van der Waals surface area contributed by atoms with Crippen LogP contribution in [0.5, 0.6) is 11.5 Å². The number of methoxy groups -OCH3 is 3. The molecule has 0 radical (unpaired) electrons. The molecule has 2 aliphatic heterocycles. The molecule has 6 rings (SSSR count). The normalized spacial score (nSPS) is 24.4. The molecule has 2 bridgehead atoms. The molecule has 0 aliphatic carbocycles. The van der Waals surface area contributed by atoms with Crippen molar-refractivity contribution in [3.63, 3.8) is 0 Å². The second kappa shape index (κ2) is 12.0. The summed E-state index contributed by atoms with van der Waals surface area (Å²) in [5.74, 6) is 1.36. The minimum absolute atomic E-state index is 0.105. The maximum atomic E-state index is 12.7. The number of aromatic amines is 1. The molecule has 11 heteroatoms. The molecular formula is C33H34N2O9. The van der Waals surface area contributed by atoms with Gasteiger partial charge in [0.15, 0.2) is 11.8 Å². The lowest BCUT2D eigenvalue weighted by atomic mass is 9.79. The molecule has 11 nitrogen and oxygen atoms in total. The maximum absolute atomic E-state index is 12.7. The van der Waals surface area contributed by atoms with Crippen molar-refractivity contribution in [2.45, 2.75) is 35.7 Å². The number of ether oxygens (including phenoxy) is 6. The number of rotatable bonds is 11. The molecule has 2 N–H and O–H groups in total. The summed E-state index contributed by atoms with van der Waals surface area (Å²) in [7, 11) is 4.74. The summed E-state index contributed by atoms with van der Waals surface area (Å²) in [5, 5.41) is 11.7. The fourth-order valence-electron chi connectivity index (χ4n) is 6.19. The number of H-pyrrole nitrogens is 1. The van der Waals surface area contributed by atoms with E-state index in [0.29, 0.717) is 11.5 Å². The Bertz CT molecular complexity index is 1640. The molecule has 3 heterocycles. The largest absolute Gasteiger partial charge is 0.497 e. The zero-order valence-electron chi connectivity index (χ0n) is 24.5. The van der Waals surface area contributed by atoms with Crippen LogP contribution in [0.2, 0.25) is 0 Å². The van der Waals surface area contributed by atoms with Crippen LogP contribution in [-0.4, -0.2) is 73.1 Å². The average molecular weight is 603 g/mol. The summed E-state index contributed by atoms with van der Waals surface area (Å²) in [4.78, 5) is 26.7. The fraction of sp³-hybridized carbons (Fsp3) is 0.333. The van der Waals surface area contributed by atoms with Crippen LogP contribution in [0.4, 0.5) is 0 Å². The first-order valence-electron chi connectivity index (χ1n) is 14.2. The fourth-order valence-corrected chi connectivity index (χ4v) is 6.19. The highest BCUT2D eigenvalue weighted by molar-refractivity contribution is 5.49. The maximum Gasteiger partial charge on any atom is 0.330 e. The van der Waals surface area contributed by atoms with Gasteiger partial charge in [-0.15, -0.1) is 0 Å². The van der Waals surface area contributed by atoms with Crippen molar-refractivity contribution in [3.05, 3.63) is 129 Å². The summed E-state index contributed by atoms with van der Waals surface area (Å²) in [6, 6.07) is 26.1. The first-order chi connectivity index (χ1) is 21.4. The molecular weight excluding hydrogens is 568 g/mol. The van der Waals surface area contributed by atoms with Crippen LogP contribution in [0, 0.1) is 0 Å². The van der Waals surface area contributed by atoms with Gasteiger partial charge in [-0.25, -0.2) is 4.79 Å². The highest BCUT2D eigenvalue weighted by atomic mass is 16.7. The van der Waals surface area contributed by atoms with Crippen LogP contribution in [-0.2, 0) is 24.5 Å². The summed E-state index contributed by atoms with van der Waals surface area (Å²) >= 11 is 0. The topological polar surface area (TPSA) is 130 Å².